The summed E-state index contributed by atoms with van der Waals surface area (Å²) in [6.07, 6.45) is 2.38. The second-order valence-electron chi connectivity index (χ2n) is 6.67. The Morgan fingerprint density at radius 3 is 2.83 bits per heavy atom. The number of aliphatic carboxylic acids is 1. The molecule has 0 bridgehead atoms. The Kier molecular flexibility index (Phi) is 3.07. The third kappa shape index (κ3) is 1.74. The molecule has 24 heavy (non-hydrogen) atoms. The van der Waals surface area contributed by atoms with E-state index in [1.54, 1.807) is 6.92 Å². The van der Waals surface area contributed by atoms with Crippen molar-refractivity contribution in [2.45, 2.75) is 44.2 Å². The number of amides is 1. The molecular weight excluding hydrogens is 308 g/mol. The molecule has 1 aromatic carbocycles. The van der Waals surface area contributed by atoms with Crippen molar-refractivity contribution in [3.05, 3.63) is 41.1 Å². The van der Waals surface area contributed by atoms with Gasteiger partial charge < -0.3 is 15.3 Å². The van der Waals surface area contributed by atoms with Crippen molar-refractivity contribution < 1.29 is 19.5 Å². The van der Waals surface area contributed by atoms with Crippen LogP contribution < -0.4 is 5.32 Å². The first kappa shape index (κ1) is 14.9. The van der Waals surface area contributed by atoms with Gasteiger partial charge in [0.05, 0.1) is 0 Å². The number of allylic oxidation sites excluding steroid dienone is 1. The standard InChI is InChI=1S/C18H18N2O4/c1-10-15(16(22)23)14(21)9-11-5-4-8-18(20(10)11)12-6-2-3-7-13(12)19-17(18)24/h2-3,6-7,11H,4-5,8-9H2,1H3,(H,19,24)(H,22,23)/t11-,18+/m0/s1. The fourth-order valence-electron chi connectivity index (χ4n) is 4.61. The summed E-state index contributed by atoms with van der Waals surface area (Å²) in [5.41, 5.74) is 0.938. The molecule has 2 atom stereocenters. The largest absolute Gasteiger partial charge is 0.477 e. The van der Waals surface area contributed by atoms with Crippen LogP contribution in [0.5, 0.6) is 0 Å². The first-order valence-corrected chi connectivity index (χ1v) is 8.14. The summed E-state index contributed by atoms with van der Waals surface area (Å²) >= 11 is 0. The summed E-state index contributed by atoms with van der Waals surface area (Å²) in [6, 6.07) is 7.39. The number of nitrogens with zero attached hydrogens (tertiary/aromatic N) is 1. The summed E-state index contributed by atoms with van der Waals surface area (Å²) in [6.45, 7) is 1.65. The molecule has 1 fully saturated rings. The average Bonchev–Trinajstić information content (AvgIpc) is 2.80. The molecule has 0 radical (unpaired) electrons. The molecule has 3 aliphatic heterocycles. The van der Waals surface area contributed by atoms with Crippen LogP contribution in [-0.2, 0) is 19.9 Å². The number of ketones is 1. The fourth-order valence-corrected chi connectivity index (χ4v) is 4.61. The van der Waals surface area contributed by atoms with Crippen molar-refractivity contribution in [3.63, 3.8) is 0 Å². The molecular formula is C18H18N2O4. The highest BCUT2D eigenvalue weighted by atomic mass is 16.4. The van der Waals surface area contributed by atoms with E-state index in [-0.39, 0.29) is 29.7 Å². The predicted octanol–water partition coefficient (Wildman–Crippen LogP) is 2.02. The van der Waals surface area contributed by atoms with Gasteiger partial charge in [0.1, 0.15) is 11.1 Å². The van der Waals surface area contributed by atoms with E-state index >= 15 is 0 Å². The molecule has 0 saturated carbocycles. The van der Waals surface area contributed by atoms with Crippen molar-refractivity contribution >= 4 is 23.3 Å². The maximum Gasteiger partial charge on any atom is 0.341 e. The van der Waals surface area contributed by atoms with Gasteiger partial charge in [-0.25, -0.2) is 4.79 Å². The van der Waals surface area contributed by atoms with Crippen LogP contribution in [0.3, 0.4) is 0 Å². The molecule has 3 aliphatic rings. The van der Waals surface area contributed by atoms with Gasteiger partial charge in [0.15, 0.2) is 5.78 Å². The number of benzene rings is 1. The molecule has 3 heterocycles. The zero-order valence-corrected chi connectivity index (χ0v) is 13.3. The Morgan fingerprint density at radius 2 is 2.08 bits per heavy atom. The molecule has 1 amide bonds. The number of carbonyl (C=O) groups excluding carboxylic acids is 2. The van der Waals surface area contributed by atoms with Gasteiger partial charge in [-0.05, 0) is 32.3 Å². The minimum Gasteiger partial charge on any atom is -0.477 e. The first-order valence-electron chi connectivity index (χ1n) is 8.14. The molecule has 1 aromatic rings. The van der Waals surface area contributed by atoms with Crippen molar-refractivity contribution in [1.29, 1.82) is 0 Å². The van der Waals surface area contributed by atoms with Crippen LogP contribution in [0.2, 0.25) is 0 Å². The van der Waals surface area contributed by atoms with Crippen LogP contribution in [0.1, 0.15) is 38.2 Å². The second kappa shape index (κ2) is 4.93. The topological polar surface area (TPSA) is 86.7 Å². The zero-order valence-electron chi connectivity index (χ0n) is 13.3. The lowest BCUT2D eigenvalue weighted by atomic mass is 9.75. The quantitative estimate of drug-likeness (QED) is 0.771. The number of nitrogens with one attached hydrogen (secondary N) is 1. The monoisotopic (exact) mass is 326 g/mol. The lowest BCUT2D eigenvalue weighted by Gasteiger charge is -2.52. The molecule has 0 aliphatic carbocycles. The van der Waals surface area contributed by atoms with Crippen molar-refractivity contribution in [3.8, 4) is 0 Å². The number of carboxylic acid groups (broad SMARTS) is 1. The SMILES string of the molecule is CC1=C(C(=O)O)C(=O)C[C@@H]2CCC[C@@]3(C(=O)Nc4ccccc43)N12. The van der Waals surface area contributed by atoms with E-state index < -0.39 is 11.5 Å². The molecule has 1 saturated heterocycles. The lowest BCUT2D eigenvalue weighted by Crippen LogP contribution is -2.59. The molecule has 2 N–H and O–H groups in total. The highest BCUT2D eigenvalue weighted by molar-refractivity contribution is 6.18. The number of para-hydroxylation sites is 1. The maximum absolute atomic E-state index is 13.0. The number of hydrogen-bond donors (Lipinski definition) is 2. The van der Waals surface area contributed by atoms with E-state index in [2.05, 4.69) is 5.32 Å². The zero-order chi connectivity index (χ0) is 17.1. The summed E-state index contributed by atoms with van der Waals surface area (Å²) in [5, 5.41) is 12.4. The summed E-state index contributed by atoms with van der Waals surface area (Å²) < 4.78 is 0. The Labute approximate surface area is 139 Å². The number of Topliss-reactive ketones (excluding diaryl/α,β-unsaturated/α-hetero) is 1. The Hall–Kier alpha value is -2.63. The van der Waals surface area contributed by atoms with E-state index in [9.17, 15) is 19.5 Å². The molecule has 0 unspecified atom stereocenters. The molecule has 6 nitrogen and oxygen atoms in total. The van der Waals surface area contributed by atoms with Gasteiger partial charge in [0.25, 0.3) is 5.91 Å². The fraction of sp³-hybridized carbons (Fsp3) is 0.389. The lowest BCUT2D eigenvalue weighted by molar-refractivity contribution is -0.139. The van der Waals surface area contributed by atoms with Crippen LogP contribution in [0.15, 0.2) is 35.5 Å². The van der Waals surface area contributed by atoms with Crippen LogP contribution >= 0.6 is 0 Å². The van der Waals surface area contributed by atoms with E-state index in [1.165, 1.54) is 0 Å². The van der Waals surface area contributed by atoms with E-state index in [1.807, 2.05) is 29.2 Å². The van der Waals surface area contributed by atoms with Crippen LogP contribution in [0.25, 0.3) is 0 Å². The smallest absolute Gasteiger partial charge is 0.341 e. The Balaban J connectivity index is 1.96. The van der Waals surface area contributed by atoms with Crippen molar-refractivity contribution in [2.24, 2.45) is 0 Å². The number of fused-ring (bicyclic) bond motifs is 4. The third-order valence-electron chi connectivity index (χ3n) is 5.49. The van der Waals surface area contributed by atoms with Crippen molar-refractivity contribution in [2.75, 3.05) is 5.32 Å². The van der Waals surface area contributed by atoms with Gasteiger partial charge in [-0.15, -0.1) is 0 Å². The minimum atomic E-state index is -1.22. The minimum absolute atomic E-state index is 0.133. The van der Waals surface area contributed by atoms with E-state index in [0.717, 1.165) is 24.1 Å². The number of anilines is 1. The summed E-state index contributed by atoms with van der Waals surface area (Å²) in [7, 11) is 0. The Morgan fingerprint density at radius 1 is 1.33 bits per heavy atom. The van der Waals surface area contributed by atoms with Gasteiger partial charge in [0.2, 0.25) is 0 Å². The Bertz CT molecular complexity index is 813. The average molecular weight is 326 g/mol. The molecule has 6 heteroatoms. The van der Waals surface area contributed by atoms with E-state index in [4.69, 9.17) is 0 Å². The second-order valence-corrected chi connectivity index (χ2v) is 6.67. The summed E-state index contributed by atoms with van der Waals surface area (Å²) in [5.74, 6) is -1.69. The van der Waals surface area contributed by atoms with Gasteiger partial charge >= 0.3 is 5.97 Å². The number of rotatable bonds is 1. The van der Waals surface area contributed by atoms with Crippen LogP contribution in [-0.4, -0.2) is 33.7 Å². The number of hydrogen-bond acceptors (Lipinski definition) is 4. The molecule has 0 aromatic heterocycles. The predicted molar refractivity (Wildman–Crippen MR) is 86.2 cm³/mol. The number of piperidine rings is 1. The molecule has 1 spiro atoms. The van der Waals surface area contributed by atoms with Gasteiger partial charge in [-0.3, -0.25) is 9.59 Å². The third-order valence-corrected chi connectivity index (χ3v) is 5.49. The highest BCUT2D eigenvalue weighted by Crippen LogP contribution is 2.51. The first-order chi connectivity index (χ1) is 11.5. The molecule has 4 rings (SSSR count). The summed E-state index contributed by atoms with van der Waals surface area (Å²) in [4.78, 5) is 38.7. The van der Waals surface area contributed by atoms with Crippen molar-refractivity contribution in [1.82, 2.24) is 4.90 Å². The number of carboxylic acids is 1. The van der Waals surface area contributed by atoms with Crippen LogP contribution in [0.4, 0.5) is 5.69 Å². The van der Waals surface area contributed by atoms with E-state index in [0.29, 0.717) is 12.1 Å². The molecule has 124 valence electrons. The highest BCUT2D eigenvalue weighted by Gasteiger charge is 2.56. The van der Waals surface area contributed by atoms with Gasteiger partial charge in [-0.2, -0.15) is 0 Å². The normalized spacial score (nSPS) is 28.7. The maximum atomic E-state index is 13.0. The van der Waals surface area contributed by atoms with Gasteiger partial charge in [0, 0.05) is 29.4 Å². The van der Waals surface area contributed by atoms with Crippen LogP contribution in [0, 0.1) is 0 Å². The number of carbonyl (C=O) groups is 3. The van der Waals surface area contributed by atoms with Gasteiger partial charge in [-0.1, -0.05) is 18.2 Å².